The summed E-state index contributed by atoms with van der Waals surface area (Å²) in [6, 6.07) is 12.3. The molecule has 3 nitrogen and oxygen atoms in total. The molecule has 4 rings (SSSR count). The summed E-state index contributed by atoms with van der Waals surface area (Å²) in [5, 5.41) is 16.0. The molecule has 0 amide bonds. The molecule has 23 heavy (non-hydrogen) atoms. The van der Waals surface area contributed by atoms with Crippen LogP contribution in [0.2, 0.25) is 0 Å². The van der Waals surface area contributed by atoms with E-state index < -0.39 is 6.10 Å². The zero-order chi connectivity index (χ0) is 15.8. The van der Waals surface area contributed by atoms with Gasteiger partial charge in [0.15, 0.2) is 0 Å². The van der Waals surface area contributed by atoms with Crippen LogP contribution in [0.15, 0.2) is 48.7 Å². The van der Waals surface area contributed by atoms with E-state index in [1.54, 1.807) is 23.0 Å². The molecule has 1 unspecified atom stereocenters. The van der Waals surface area contributed by atoms with E-state index in [2.05, 4.69) is 5.10 Å². The highest BCUT2D eigenvalue weighted by molar-refractivity contribution is 5.81. The zero-order valence-electron chi connectivity index (χ0n) is 12.8. The Kier molecular flexibility index (Phi) is 3.62. The lowest BCUT2D eigenvalue weighted by atomic mass is 9.94. The Morgan fingerprint density at radius 3 is 2.57 bits per heavy atom. The van der Waals surface area contributed by atoms with Crippen LogP contribution in [0.3, 0.4) is 0 Å². The molecule has 1 N–H and O–H groups in total. The molecule has 118 valence electrons. The number of aromatic nitrogens is 2. The topological polar surface area (TPSA) is 38.1 Å². The van der Waals surface area contributed by atoms with Gasteiger partial charge in [-0.3, -0.25) is 0 Å². The van der Waals surface area contributed by atoms with Crippen LogP contribution in [-0.4, -0.2) is 14.9 Å². The lowest BCUT2D eigenvalue weighted by Crippen LogP contribution is -2.08. The fourth-order valence-electron chi connectivity index (χ4n) is 3.57. The molecule has 4 heteroatoms. The fourth-order valence-corrected chi connectivity index (χ4v) is 3.57. The monoisotopic (exact) mass is 310 g/mol. The van der Waals surface area contributed by atoms with Crippen LogP contribution in [0.5, 0.6) is 0 Å². The maximum atomic E-state index is 13.1. The van der Waals surface area contributed by atoms with Crippen molar-refractivity contribution >= 4 is 10.9 Å². The third-order valence-electron chi connectivity index (χ3n) is 4.85. The second-order valence-electron chi connectivity index (χ2n) is 6.34. The van der Waals surface area contributed by atoms with Crippen LogP contribution < -0.4 is 0 Å². The average molecular weight is 310 g/mol. The highest BCUT2D eigenvalue weighted by Crippen LogP contribution is 2.36. The van der Waals surface area contributed by atoms with Gasteiger partial charge in [-0.1, -0.05) is 18.9 Å². The van der Waals surface area contributed by atoms with E-state index in [1.165, 1.54) is 25.0 Å². The summed E-state index contributed by atoms with van der Waals surface area (Å²) in [5.41, 5.74) is 2.74. The SMILES string of the molecule is OC(c1ccc2c(cnn2-c2ccc(F)cc2)c1)C1CCCC1. The number of hydrogen-bond donors (Lipinski definition) is 1. The smallest absolute Gasteiger partial charge is 0.123 e. The fraction of sp³-hybridized carbons (Fsp3) is 0.316. The maximum Gasteiger partial charge on any atom is 0.123 e. The number of halogens is 1. The van der Waals surface area contributed by atoms with Gasteiger partial charge in [-0.2, -0.15) is 5.10 Å². The molecule has 1 fully saturated rings. The average Bonchev–Trinajstić information content (AvgIpc) is 3.24. The molecule has 1 aliphatic carbocycles. The van der Waals surface area contributed by atoms with Crippen molar-refractivity contribution in [2.75, 3.05) is 0 Å². The van der Waals surface area contributed by atoms with Gasteiger partial charge in [-0.15, -0.1) is 0 Å². The van der Waals surface area contributed by atoms with Gasteiger partial charge >= 0.3 is 0 Å². The van der Waals surface area contributed by atoms with Crippen LogP contribution >= 0.6 is 0 Å². The third-order valence-corrected chi connectivity index (χ3v) is 4.85. The Labute approximate surface area is 134 Å². The normalized spacial score (nSPS) is 17.0. The summed E-state index contributed by atoms with van der Waals surface area (Å²) in [4.78, 5) is 0. The number of benzene rings is 2. The zero-order valence-corrected chi connectivity index (χ0v) is 12.8. The molecule has 0 saturated heterocycles. The van der Waals surface area contributed by atoms with E-state index in [4.69, 9.17) is 0 Å². The first kappa shape index (κ1) is 14.4. The van der Waals surface area contributed by atoms with Gasteiger partial charge in [0.25, 0.3) is 0 Å². The Morgan fingerprint density at radius 2 is 1.83 bits per heavy atom. The number of aliphatic hydroxyl groups excluding tert-OH is 1. The van der Waals surface area contributed by atoms with Crippen molar-refractivity contribution < 1.29 is 9.50 Å². The van der Waals surface area contributed by atoms with Gasteiger partial charge in [0.2, 0.25) is 0 Å². The first-order valence-corrected chi connectivity index (χ1v) is 8.14. The molecule has 0 bridgehead atoms. The molecule has 2 aromatic carbocycles. The molecule has 1 atom stereocenters. The van der Waals surface area contributed by atoms with Crippen molar-refractivity contribution in [1.82, 2.24) is 9.78 Å². The minimum Gasteiger partial charge on any atom is -0.388 e. The number of fused-ring (bicyclic) bond motifs is 1. The van der Waals surface area contributed by atoms with Crippen molar-refractivity contribution in [3.05, 3.63) is 60.0 Å². The molecule has 0 aliphatic heterocycles. The molecule has 1 saturated carbocycles. The van der Waals surface area contributed by atoms with Crippen LogP contribution in [0.25, 0.3) is 16.6 Å². The van der Waals surface area contributed by atoms with Crippen molar-refractivity contribution in [1.29, 1.82) is 0 Å². The maximum absolute atomic E-state index is 13.1. The van der Waals surface area contributed by atoms with E-state index in [9.17, 15) is 9.50 Å². The van der Waals surface area contributed by atoms with E-state index in [1.807, 2.05) is 18.2 Å². The Morgan fingerprint density at radius 1 is 1.09 bits per heavy atom. The van der Waals surface area contributed by atoms with Gasteiger partial charge < -0.3 is 5.11 Å². The Bertz CT molecular complexity index is 819. The summed E-state index contributed by atoms with van der Waals surface area (Å²) in [7, 11) is 0. The molecular formula is C19H19FN2O. The van der Waals surface area contributed by atoms with Crippen molar-refractivity contribution in [2.24, 2.45) is 5.92 Å². The van der Waals surface area contributed by atoms with E-state index >= 15 is 0 Å². The van der Waals surface area contributed by atoms with E-state index in [-0.39, 0.29) is 5.82 Å². The molecule has 3 aromatic rings. The van der Waals surface area contributed by atoms with Gasteiger partial charge in [0.1, 0.15) is 5.82 Å². The first-order chi connectivity index (χ1) is 11.2. The van der Waals surface area contributed by atoms with Crippen molar-refractivity contribution in [3.8, 4) is 5.69 Å². The van der Waals surface area contributed by atoms with Gasteiger partial charge in [0, 0.05) is 5.39 Å². The van der Waals surface area contributed by atoms with Crippen LogP contribution in [0, 0.1) is 11.7 Å². The van der Waals surface area contributed by atoms with Gasteiger partial charge in [-0.25, -0.2) is 9.07 Å². The molecule has 1 aromatic heterocycles. The third kappa shape index (κ3) is 2.63. The minimum absolute atomic E-state index is 0.257. The molecular weight excluding hydrogens is 291 g/mol. The molecule has 0 radical (unpaired) electrons. The van der Waals surface area contributed by atoms with Crippen LogP contribution in [-0.2, 0) is 0 Å². The second kappa shape index (κ2) is 5.78. The first-order valence-electron chi connectivity index (χ1n) is 8.14. The largest absolute Gasteiger partial charge is 0.388 e. The summed E-state index contributed by atoms with van der Waals surface area (Å²) >= 11 is 0. The van der Waals surface area contributed by atoms with E-state index in [0.29, 0.717) is 5.92 Å². The van der Waals surface area contributed by atoms with Crippen LogP contribution in [0.4, 0.5) is 4.39 Å². The summed E-state index contributed by atoms with van der Waals surface area (Å²) in [5.74, 6) is 0.117. The molecule has 1 aliphatic rings. The lowest BCUT2D eigenvalue weighted by molar-refractivity contribution is 0.112. The number of hydrogen-bond acceptors (Lipinski definition) is 2. The lowest BCUT2D eigenvalue weighted by Gasteiger charge is -2.18. The number of nitrogens with zero attached hydrogens (tertiary/aromatic N) is 2. The van der Waals surface area contributed by atoms with Crippen molar-refractivity contribution in [3.63, 3.8) is 0 Å². The molecule has 1 heterocycles. The summed E-state index contributed by atoms with van der Waals surface area (Å²) in [6.07, 6.45) is 6.04. The predicted molar refractivity (Wildman–Crippen MR) is 87.9 cm³/mol. The van der Waals surface area contributed by atoms with E-state index in [0.717, 1.165) is 35.0 Å². The predicted octanol–water partition coefficient (Wildman–Crippen LogP) is 4.39. The van der Waals surface area contributed by atoms with Crippen molar-refractivity contribution in [2.45, 2.75) is 31.8 Å². The summed E-state index contributed by atoms with van der Waals surface area (Å²) in [6.45, 7) is 0. The molecule has 0 spiro atoms. The Hall–Kier alpha value is -2.20. The van der Waals surface area contributed by atoms with Gasteiger partial charge in [-0.05, 0) is 60.7 Å². The quantitative estimate of drug-likeness (QED) is 0.779. The Balaban J connectivity index is 1.69. The highest BCUT2D eigenvalue weighted by Gasteiger charge is 2.24. The highest BCUT2D eigenvalue weighted by atomic mass is 19.1. The number of aliphatic hydroxyl groups is 1. The second-order valence-corrected chi connectivity index (χ2v) is 6.34. The standard InChI is InChI=1S/C19H19FN2O/c20-16-6-8-17(9-7-16)22-18-10-5-14(11-15(18)12-21-22)19(23)13-3-1-2-4-13/h5-13,19,23H,1-4H2. The van der Waals surface area contributed by atoms with Gasteiger partial charge in [0.05, 0.1) is 23.5 Å². The van der Waals surface area contributed by atoms with Crippen LogP contribution in [0.1, 0.15) is 37.4 Å². The summed E-state index contributed by atoms with van der Waals surface area (Å²) < 4.78 is 14.9. The minimum atomic E-state index is -0.393. The number of rotatable bonds is 3.